The molecule has 0 spiro atoms. The number of nitrogens with zero attached hydrogens (tertiary/aromatic N) is 1. The first-order valence-corrected chi connectivity index (χ1v) is 7.23. The van der Waals surface area contributed by atoms with Crippen LogP contribution in [-0.2, 0) is 6.61 Å². The number of phenolic OH excluding ortho intramolecular Hbond substituents is 1. The van der Waals surface area contributed by atoms with E-state index >= 15 is 0 Å². The van der Waals surface area contributed by atoms with E-state index in [0.29, 0.717) is 11.5 Å². The summed E-state index contributed by atoms with van der Waals surface area (Å²) in [7, 11) is 2.81. The number of hydrogen-bond donors (Lipinski definition) is 1. The molecule has 2 rings (SSSR count). The van der Waals surface area contributed by atoms with Crippen LogP contribution in [0.2, 0.25) is 0 Å². The first kappa shape index (κ1) is 18.1. The lowest BCUT2D eigenvalue weighted by Crippen LogP contribution is -2.03. The molecule has 0 aliphatic heterocycles. The van der Waals surface area contributed by atoms with Gasteiger partial charge < -0.3 is 19.3 Å². The highest BCUT2D eigenvalue weighted by atomic mass is 16.6. The number of nitro groups is 1. The Hall–Kier alpha value is -3.29. The number of phenols is 1. The fourth-order valence-electron chi connectivity index (χ4n) is 2.24. The molecule has 0 bridgehead atoms. The van der Waals surface area contributed by atoms with Crippen LogP contribution in [0.25, 0.3) is 0 Å². The number of carbonyl (C=O) groups is 1. The first-order valence-electron chi connectivity index (χ1n) is 7.23. The summed E-state index contributed by atoms with van der Waals surface area (Å²) in [6.45, 7) is 1.19. The fraction of sp³-hybridized carbons (Fsp3) is 0.235. The zero-order chi connectivity index (χ0) is 18.6. The van der Waals surface area contributed by atoms with Crippen molar-refractivity contribution in [2.75, 3.05) is 14.2 Å². The van der Waals surface area contributed by atoms with Crippen molar-refractivity contribution in [3.8, 4) is 23.0 Å². The second kappa shape index (κ2) is 7.52. The van der Waals surface area contributed by atoms with Crippen LogP contribution in [0.5, 0.6) is 23.0 Å². The molecule has 0 aromatic heterocycles. The van der Waals surface area contributed by atoms with E-state index in [4.69, 9.17) is 14.2 Å². The van der Waals surface area contributed by atoms with Gasteiger partial charge in [-0.25, -0.2) is 0 Å². The molecule has 0 fully saturated rings. The molecule has 1 N–H and O–H groups in total. The number of Topliss-reactive ketones (excluding diaryl/α,β-unsaturated/α-hetero) is 1. The Bertz CT molecular complexity index is 817. The molecule has 0 saturated heterocycles. The molecule has 8 heteroatoms. The van der Waals surface area contributed by atoms with Crippen molar-refractivity contribution < 1.29 is 29.0 Å². The van der Waals surface area contributed by atoms with Gasteiger partial charge in [0.25, 0.3) is 5.69 Å². The van der Waals surface area contributed by atoms with Gasteiger partial charge in [-0.05, 0) is 31.2 Å². The van der Waals surface area contributed by atoms with E-state index in [1.54, 1.807) is 0 Å². The molecular weight excluding hydrogens is 330 g/mol. The van der Waals surface area contributed by atoms with Crippen molar-refractivity contribution in [2.45, 2.75) is 13.5 Å². The van der Waals surface area contributed by atoms with Gasteiger partial charge in [-0.15, -0.1) is 0 Å². The highest BCUT2D eigenvalue weighted by Crippen LogP contribution is 2.35. The van der Waals surface area contributed by atoms with Crippen molar-refractivity contribution >= 4 is 11.5 Å². The Morgan fingerprint density at radius 1 is 1.16 bits per heavy atom. The van der Waals surface area contributed by atoms with Crippen LogP contribution >= 0.6 is 0 Å². The van der Waals surface area contributed by atoms with Crippen LogP contribution in [0, 0.1) is 10.1 Å². The second-order valence-corrected chi connectivity index (χ2v) is 5.12. The molecule has 0 aliphatic rings. The summed E-state index contributed by atoms with van der Waals surface area (Å²) in [6, 6.07) is 6.90. The van der Waals surface area contributed by atoms with E-state index in [0.717, 1.165) is 0 Å². The third kappa shape index (κ3) is 3.97. The minimum atomic E-state index is -0.543. The van der Waals surface area contributed by atoms with Crippen molar-refractivity contribution in [1.29, 1.82) is 0 Å². The zero-order valence-electron chi connectivity index (χ0n) is 13.9. The summed E-state index contributed by atoms with van der Waals surface area (Å²) in [5, 5.41) is 20.9. The predicted molar refractivity (Wildman–Crippen MR) is 88.6 cm³/mol. The van der Waals surface area contributed by atoms with E-state index in [1.807, 2.05) is 0 Å². The Morgan fingerprint density at radius 3 is 2.36 bits per heavy atom. The van der Waals surface area contributed by atoms with Crippen molar-refractivity contribution in [1.82, 2.24) is 0 Å². The molecule has 132 valence electrons. The van der Waals surface area contributed by atoms with E-state index < -0.39 is 4.92 Å². The van der Waals surface area contributed by atoms with Crippen LogP contribution in [0.4, 0.5) is 5.69 Å². The lowest BCUT2D eigenvalue weighted by Gasteiger charge is -2.12. The number of rotatable bonds is 7. The smallest absolute Gasteiger partial charge is 0.280 e. The van der Waals surface area contributed by atoms with E-state index in [1.165, 1.54) is 51.5 Å². The Labute approximate surface area is 143 Å². The molecule has 0 aliphatic carbocycles. The molecule has 0 amide bonds. The summed E-state index contributed by atoms with van der Waals surface area (Å²) in [5.74, 6) is 0.396. The monoisotopic (exact) mass is 347 g/mol. The van der Waals surface area contributed by atoms with E-state index in [9.17, 15) is 20.0 Å². The molecule has 0 unspecified atom stereocenters. The molecule has 8 nitrogen and oxygen atoms in total. The average Bonchev–Trinajstić information content (AvgIpc) is 2.59. The van der Waals surface area contributed by atoms with Crippen molar-refractivity contribution in [3.63, 3.8) is 0 Å². The summed E-state index contributed by atoms with van der Waals surface area (Å²) in [6.07, 6.45) is 0. The maximum Gasteiger partial charge on any atom is 0.280 e. The maximum absolute atomic E-state index is 11.5. The molecule has 0 heterocycles. The van der Waals surface area contributed by atoms with Crippen LogP contribution in [-0.4, -0.2) is 30.0 Å². The van der Waals surface area contributed by atoms with E-state index in [2.05, 4.69) is 0 Å². The zero-order valence-corrected chi connectivity index (χ0v) is 13.9. The SMILES string of the molecule is COc1cc(COc2ccc(O)c(C(C)=O)c2)c([N+](=O)[O-])cc1OC. The second-order valence-electron chi connectivity index (χ2n) is 5.12. The van der Waals surface area contributed by atoms with Gasteiger partial charge in [0, 0.05) is 0 Å². The minimum Gasteiger partial charge on any atom is -0.507 e. The maximum atomic E-state index is 11.5. The van der Waals surface area contributed by atoms with Gasteiger partial charge in [0.1, 0.15) is 18.1 Å². The molecule has 25 heavy (non-hydrogen) atoms. The third-order valence-electron chi connectivity index (χ3n) is 3.52. The van der Waals surface area contributed by atoms with Gasteiger partial charge in [-0.2, -0.15) is 0 Å². The lowest BCUT2D eigenvalue weighted by molar-refractivity contribution is -0.385. The minimum absolute atomic E-state index is 0.110. The van der Waals surface area contributed by atoms with Gasteiger partial charge in [0.15, 0.2) is 17.3 Å². The third-order valence-corrected chi connectivity index (χ3v) is 3.52. The van der Waals surface area contributed by atoms with Crippen LogP contribution in [0.15, 0.2) is 30.3 Å². The highest BCUT2D eigenvalue weighted by molar-refractivity contribution is 5.97. The first-order chi connectivity index (χ1) is 11.9. The number of ketones is 1. The molecular formula is C17H17NO7. The summed E-state index contributed by atoms with van der Waals surface area (Å²) >= 11 is 0. The highest BCUT2D eigenvalue weighted by Gasteiger charge is 2.20. The average molecular weight is 347 g/mol. The topological polar surface area (TPSA) is 108 Å². The van der Waals surface area contributed by atoms with Gasteiger partial charge in [-0.3, -0.25) is 14.9 Å². The Balaban J connectivity index is 2.32. The van der Waals surface area contributed by atoms with Gasteiger partial charge in [0.2, 0.25) is 0 Å². The lowest BCUT2D eigenvalue weighted by atomic mass is 10.1. The standard InChI is InChI=1S/C17H17NO7/c1-10(19)13-7-12(4-5-15(13)20)25-9-11-6-16(23-2)17(24-3)8-14(11)18(21)22/h4-8,20H,9H2,1-3H3. The number of methoxy groups -OCH3 is 2. The Kier molecular flexibility index (Phi) is 5.43. The van der Waals surface area contributed by atoms with E-state index in [-0.39, 0.29) is 40.7 Å². The fourth-order valence-corrected chi connectivity index (χ4v) is 2.24. The summed E-state index contributed by atoms with van der Waals surface area (Å²) < 4.78 is 15.8. The normalized spacial score (nSPS) is 10.2. The molecule has 2 aromatic carbocycles. The number of aromatic hydroxyl groups is 1. The number of ether oxygens (including phenoxy) is 3. The number of nitro benzene ring substituents is 1. The number of hydrogen-bond acceptors (Lipinski definition) is 7. The quantitative estimate of drug-likeness (QED) is 0.466. The summed E-state index contributed by atoms with van der Waals surface area (Å²) in [4.78, 5) is 22.2. The van der Waals surface area contributed by atoms with Crippen LogP contribution in [0.3, 0.4) is 0 Å². The number of benzene rings is 2. The van der Waals surface area contributed by atoms with Crippen LogP contribution in [0.1, 0.15) is 22.8 Å². The molecule has 0 radical (unpaired) electrons. The largest absolute Gasteiger partial charge is 0.507 e. The Morgan fingerprint density at radius 2 is 1.80 bits per heavy atom. The molecule has 2 aromatic rings. The molecule has 0 atom stereocenters. The van der Waals surface area contributed by atoms with Gasteiger partial charge in [-0.1, -0.05) is 0 Å². The van der Waals surface area contributed by atoms with Crippen molar-refractivity contribution in [3.05, 3.63) is 51.6 Å². The van der Waals surface area contributed by atoms with Crippen LogP contribution < -0.4 is 14.2 Å². The van der Waals surface area contributed by atoms with Gasteiger partial charge >= 0.3 is 0 Å². The van der Waals surface area contributed by atoms with Crippen molar-refractivity contribution in [2.24, 2.45) is 0 Å². The van der Waals surface area contributed by atoms with Gasteiger partial charge in [0.05, 0.1) is 36.3 Å². The number of carbonyl (C=O) groups excluding carboxylic acids is 1. The molecule has 0 saturated carbocycles. The summed E-state index contributed by atoms with van der Waals surface area (Å²) in [5.41, 5.74) is 0.211. The predicted octanol–water partition coefficient (Wildman–Crippen LogP) is 3.10.